The van der Waals surface area contributed by atoms with E-state index in [1.165, 1.54) is 6.08 Å². The van der Waals surface area contributed by atoms with Crippen molar-refractivity contribution in [1.29, 1.82) is 0 Å². The minimum atomic E-state index is -1.13. The molecule has 25 heavy (non-hydrogen) atoms. The molecule has 1 fully saturated rings. The van der Waals surface area contributed by atoms with E-state index in [-0.39, 0.29) is 4.32 Å². The van der Waals surface area contributed by atoms with Gasteiger partial charge in [-0.3, -0.25) is 14.5 Å². The average Bonchev–Trinajstić information content (AvgIpc) is 3.07. The van der Waals surface area contributed by atoms with E-state index < -0.39 is 18.4 Å². The number of amides is 1. The Kier molecular flexibility index (Phi) is 5.19. The number of benzene rings is 1. The molecule has 9 heteroatoms. The van der Waals surface area contributed by atoms with E-state index in [9.17, 15) is 9.59 Å². The number of carboxylic acids is 1. The molecular weight excluding hydrogens is 405 g/mol. The highest BCUT2D eigenvalue weighted by molar-refractivity contribution is 8.26. The number of hydrogen-bond acceptors (Lipinski definition) is 5. The molecule has 0 saturated carbocycles. The molecule has 2 aromatic rings. The molecule has 1 amide bonds. The van der Waals surface area contributed by atoms with Gasteiger partial charge in [-0.15, -0.1) is 0 Å². The van der Waals surface area contributed by atoms with Crippen LogP contribution in [0.15, 0.2) is 39.7 Å². The van der Waals surface area contributed by atoms with Gasteiger partial charge in [-0.2, -0.15) is 0 Å². The summed E-state index contributed by atoms with van der Waals surface area (Å²) in [4.78, 5) is 24.4. The molecule has 0 aliphatic carbocycles. The minimum absolute atomic E-state index is 0.201. The molecule has 1 aromatic carbocycles. The van der Waals surface area contributed by atoms with Gasteiger partial charge in [0, 0.05) is 21.7 Å². The monoisotopic (exact) mass is 413 g/mol. The number of carboxylic acid groups (broad SMARTS) is 1. The number of carbonyl (C=O) groups is 2. The maximum Gasteiger partial charge on any atom is 0.323 e. The molecule has 0 spiro atoms. The molecule has 3 rings (SSSR count). The van der Waals surface area contributed by atoms with Crippen LogP contribution in [0.25, 0.3) is 17.4 Å². The van der Waals surface area contributed by atoms with Crippen molar-refractivity contribution >= 4 is 69.5 Å². The number of carbonyl (C=O) groups excluding carboxylic acids is 1. The zero-order valence-electron chi connectivity index (χ0n) is 12.4. The smallest absolute Gasteiger partial charge is 0.323 e. The minimum Gasteiger partial charge on any atom is -0.480 e. The largest absolute Gasteiger partial charge is 0.480 e. The van der Waals surface area contributed by atoms with Gasteiger partial charge in [-0.05, 0) is 30.3 Å². The third-order valence-electron chi connectivity index (χ3n) is 3.21. The van der Waals surface area contributed by atoms with Crippen LogP contribution in [0.5, 0.6) is 0 Å². The summed E-state index contributed by atoms with van der Waals surface area (Å²) in [5.74, 6) is -0.615. The van der Waals surface area contributed by atoms with Crippen LogP contribution in [-0.4, -0.2) is 32.7 Å². The first-order valence-electron chi connectivity index (χ1n) is 6.87. The first-order valence-corrected chi connectivity index (χ1v) is 8.85. The van der Waals surface area contributed by atoms with E-state index in [0.717, 1.165) is 16.7 Å². The van der Waals surface area contributed by atoms with Gasteiger partial charge in [-0.1, -0.05) is 47.2 Å². The molecule has 1 aliphatic rings. The van der Waals surface area contributed by atoms with Crippen molar-refractivity contribution in [2.75, 3.05) is 6.54 Å². The Labute approximate surface area is 162 Å². The van der Waals surface area contributed by atoms with Gasteiger partial charge < -0.3 is 9.52 Å². The fourth-order valence-electron chi connectivity index (χ4n) is 2.18. The molecular formula is C16H9Cl2NO4S2. The van der Waals surface area contributed by atoms with Crippen molar-refractivity contribution in [2.45, 2.75) is 0 Å². The molecule has 0 unspecified atom stereocenters. The quantitative estimate of drug-likeness (QED) is 0.585. The van der Waals surface area contributed by atoms with Crippen LogP contribution in [0.1, 0.15) is 5.76 Å². The summed E-state index contributed by atoms with van der Waals surface area (Å²) in [6.45, 7) is -0.466. The van der Waals surface area contributed by atoms with E-state index in [1.54, 1.807) is 30.3 Å². The van der Waals surface area contributed by atoms with Gasteiger partial charge in [0.05, 0.1) is 4.91 Å². The summed E-state index contributed by atoms with van der Waals surface area (Å²) in [5, 5.41) is 9.80. The van der Waals surface area contributed by atoms with Crippen molar-refractivity contribution in [1.82, 2.24) is 4.90 Å². The number of aliphatic carboxylic acids is 1. The Morgan fingerprint density at radius 2 is 1.96 bits per heavy atom. The number of furan rings is 1. The van der Waals surface area contributed by atoms with Crippen LogP contribution >= 0.6 is 47.2 Å². The van der Waals surface area contributed by atoms with Crippen molar-refractivity contribution in [2.24, 2.45) is 0 Å². The number of thiocarbonyl (C=S) groups is 1. The Morgan fingerprint density at radius 3 is 2.60 bits per heavy atom. The van der Waals surface area contributed by atoms with Gasteiger partial charge in [0.25, 0.3) is 5.91 Å². The third-order valence-corrected chi connectivity index (χ3v) is 5.03. The van der Waals surface area contributed by atoms with E-state index in [4.69, 9.17) is 44.9 Å². The first-order chi connectivity index (χ1) is 11.8. The third kappa shape index (κ3) is 4.07. The van der Waals surface area contributed by atoms with Crippen LogP contribution in [-0.2, 0) is 9.59 Å². The molecule has 0 radical (unpaired) electrons. The first kappa shape index (κ1) is 18.0. The van der Waals surface area contributed by atoms with Crippen LogP contribution in [0.4, 0.5) is 0 Å². The Hall–Kier alpha value is -1.80. The molecule has 1 saturated heterocycles. The van der Waals surface area contributed by atoms with Gasteiger partial charge in [0.2, 0.25) is 0 Å². The molecule has 1 aromatic heterocycles. The van der Waals surface area contributed by atoms with E-state index >= 15 is 0 Å². The SMILES string of the molecule is O=C(O)CN1C(=O)C(=Cc2ccc(-c3cc(Cl)cc(Cl)c3)o2)SC1=S. The lowest BCUT2D eigenvalue weighted by molar-refractivity contribution is -0.140. The molecule has 2 heterocycles. The second-order valence-corrected chi connectivity index (χ2v) is 7.57. The van der Waals surface area contributed by atoms with Crippen LogP contribution in [0.2, 0.25) is 10.0 Å². The number of halogens is 2. The Morgan fingerprint density at radius 1 is 1.28 bits per heavy atom. The number of nitrogens with zero attached hydrogens (tertiary/aromatic N) is 1. The maximum absolute atomic E-state index is 12.2. The molecule has 0 atom stereocenters. The highest BCUT2D eigenvalue weighted by Gasteiger charge is 2.33. The molecule has 1 aliphatic heterocycles. The highest BCUT2D eigenvalue weighted by Crippen LogP contribution is 2.34. The summed E-state index contributed by atoms with van der Waals surface area (Å²) in [6.07, 6.45) is 1.52. The summed E-state index contributed by atoms with van der Waals surface area (Å²) in [7, 11) is 0. The van der Waals surface area contributed by atoms with Gasteiger partial charge >= 0.3 is 5.97 Å². The lowest BCUT2D eigenvalue weighted by Crippen LogP contribution is -2.33. The summed E-state index contributed by atoms with van der Waals surface area (Å²) in [5.41, 5.74) is 0.704. The van der Waals surface area contributed by atoms with Crippen LogP contribution < -0.4 is 0 Å². The van der Waals surface area contributed by atoms with Crippen molar-refractivity contribution in [3.05, 3.63) is 51.0 Å². The van der Waals surface area contributed by atoms with Crippen molar-refractivity contribution in [3.8, 4) is 11.3 Å². The lowest BCUT2D eigenvalue weighted by atomic mass is 10.2. The van der Waals surface area contributed by atoms with Gasteiger partial charge in [0.15, 0.2) is 0 Å². The zero-order chi connectivity index (χ0) is 18.1. The predicted molar refractivity (Wildman–Crippen MR) is 102 cm³/mol. The average molecular weight is 414 g/mol. The standard InChI is InChI=1S/C16H9Cl2NO4S2/c17-9-3-8(4-10(18)5-9)12-2-1-11(23-12)6-13-15(22)19(7-14(20)21)16(24)25-13/h1-6H,7H2,(H,20,21). The molecule has 128 valence electrons. The van der Waals surface area contributed by atoms with Crippen LogP contribution in [0.3, 0.4) is 0 Å². The molecule has 0 bridgehead atoms. The molecule has 5 nitrogen and oxygen atoms in total. The predicted octanol–water partition coefficient (Wildman–Crippen LogP) is 4.54. The fraction of sp³-hybridized carbons (Fsp3) is 0.0625. The topological polar surface area (TPSA) is 70.8 Å². The second-order valence-electron chi connectivity index (χ2n) is 5.02. The Balaban J connectivity index is 1.86. The van der Waals surface area contributed by atoms with E-state index in [1.807, 2.05) is 0 Å². The maximum atomic E-state index is 12.2. The zero-order valence-corrected chi connectivity index (χ0v) is 15.5. The van der Waals surface area contributed by atoms with Crippen molar-refractivity contribution < 1.29 is 19.1 Å². The van der Waals surface area contributed by atoms with Crippen molar-refractivity contribution in [3.63, 3.8) is 0 Å². The normalized spacial score (nSPS) is 16.1. The number of hydrogen-bond donors (Lipinski definition) is 1. The summed E-state index contributed by atoms with van der Waals surface area (Å²) < 4.78 is 5.91. The van der Waals surface area contributed by atoms with Gasteiger partial charge in [-0.25, -0.2) is 0 Å². The van der Waals surface area contributed by atoms with E-state index in [2.05, 4.69) is 0 Å². The number of thioether (sulfide) groups is 1. The number of rotatable bonds is 4. The lowest BCUT2D eigenvalue weighted by Gasteiger charge is -2.09. The summed E-state index contributed by atoms with van der Waals surface area (Å²) in [6, 6.07) is 8.45. The Bertz CT molecular complexity index is 902. The fourth-order valence-corrected chi connectivity index (χ4v) is 3.94. The molecule has 1 N–H and O–H groups in total. The van der Waals surface area contributed by atoms with E-state index in [0.29, 0.717) is 32.0 Å². The van der Waals surface area contributed by atoms with Gasteiger partial charge in [0.1, 0.15) is 22.4 Å². The van der Waals surface area contributed by atoms with Crippen LogP contribution in [0, 0.1) is 0 Å². The second kappa shape index (κ2) is 7.21. The summed E-state index contributed by atoms with van der Waals surface area (Å²) >= 11 is 18.0. The highest BCUT2D eigenvalue weighted by atomic mass is 35.5.